The number of nitrogens with zero attached hydrogens (tertiary/aromatic N) is 4. The molecule has 1 amide bonds. The highest BCUT2D eigenvalue weighted by Gasteiger charge is 2.24. The molecule has 11 heteroatoms. The number of nitrogens with one attached hydrogen (secondary N) is 2. The maximum Gasteiger partial charge on any atom is 0.269 e. The van der Waals surface area contributed by atoms with Gasteiger partial charge in [-0.25, -0.2) is 4.98 Å². The number of imidazole rings is 1. The first kappa shape index (κ1) is 32.2. The van der Waals surface area contributed by atoms with Gasteiger partial charge < -0.3 is 24.8 Å². The van der Waals surface area contributed by atoms with Crippen LogP contribution in [-0.2, 0) is 24.3 Å². The molecule has 0 aliphatic heterocycles. The highest BCUT2D eigenvalue weighted by atomic mass is 32.1. The molecule has 0 unspecified atom stereocenters. The molecule has 1 heterocycles. The smallest absolute Gasteiger partial charge is 0.269 e. The first-order valence-electron chi connectivity index (χ1n) is 14.5. The maximum atomic E-state index is 13.4. The summed E-state index contributed by atoms with van der Waals surface area (Å²) in [6.45, 7) is 5.78. The van der Waals surface area contributed by atoms with Gasteiger partial charge in [-0.2, -0.15) is 0 Å². The fourth-order valence-electron chi connectivity index (χ4n) is 4.77. The molecule has 4 rings (SSSR count). The van der Waals surface area contributed by atoms with Crippen molar-refractivity contribution < 1.29 is 14.5 Å². The molecule has 0 bridgehead atoms. The molecule has 0 saturated heterocycles. The average Bonchev–Trinajstić information content (AvgIpc) is 3.46. The number of ether oxygens (including phenoxy) is 1. The third-order valence-electron chi connectivity index (χ3n) is 7.58. The summed E-state index contributed by atoms with van der Waals surface area (Å²) in [4.78, 5) is 30.3. The number of nitro benzene ring substituents is 1. The van der Waals surface area contributed by atoms with Gasteiger partial charge >= 0.3 is 0 Å². The molecule has 0 radical (unpaired) electrons. The molecule has 0 aliphatic carbocycles. The van der Waals surface area contributed by atoms with Crippen molar-refractivity contribution in [2.24, 2.45) is 5.92 Å². The number of nitro groups is 1. The Morgan fingerprint density at radius 3 is 2.41 bits per heavy atom. The number of carbonyl (C=O) groups excluding carboxylic acids is 1. The van der Waals surface area contributed by atoms with Gasteiger partial charge in [-0.1, -0.05) is 62.7 Å². The third kappa shape index (κ3) is 9.11. The molecule has 2 atom stereocenters. The molecule has 3 aromatic carbocycles. The second-order valence-electron chi connectivity index (χ2n) is 10.7. The molecule has 4 aromatic rings. The zero-order chi connectivity index (χ0) is 31.5. The van der Waals surface area contributed by atoms with E-state index in [4.69, 9.17) is 17.0 Å². The summed E-state index contributed by atoms with van der Waals surface area (Å²) >= 11 is 5.89. The summed E-state index contributed by atoms with van der Waals surface area (Å²) < 4.78 is 7.16. The summed E-state index contributed by atoms with van der Waals surface area (Å²) in [6.07, 6.45) is 4.37. The van der Waals surface area contributed by atoms with Gasteiger partial charge in [0.15, 0.2) is 5.11 Å². The van der Waals surface area contributed by atoms with Gasteiger partial charge in [0.25, 0.3) is 5.69 Å². The van der Waals surface area contributed by atoms with E-state index in [-0.39, 0.29) is 30.0 Å². The molecule has 0 spiro atoms. The van der Waals surface area contributed by atoms with Gasteiger partial charge in [-0.3, -0.25) is 14.9 Å². The Kier molecular flexibility index (Phi) is 11.4. The van der Waals surface area contributed by atoms with Crippen LogP contribution in [0.4, 0.5) is 11.4 Å². The first-order valence-corrected chi connectivity index (χ1v) is 14.9. The molecular weight excluding hydrogens is 576 g/mol. The molecular formula is C33H38N6O4S. The van der Waals surface area contributed by atoms with Crippen LogP contribution >= 0.6 is 12.2 Å². The van der Waals surface area contributed by atoms with Crippen molar-refractivity contribution in [3.63, 3.8) is 0 Å². The maximum absolute atomic E-state index is 13.4. The first-order chi connectivity index (χ1) is 21.2. The number of methoxy groups -OCH3 is 1. The fourth-order valence-corrected chi connectivity index (χ4v) is 5.03. The van der Waals surface area contributed by atoms with Gasteiger partial charge in [-0.15, -0.1) is 0 Å². The summed E-state index contributed by atoms with van der Waals surface area (Å²) in [5.74, 6) is 0.830. The van der Waals surface area contributed by atoms with Crippen molar-refractivity contribution in [3.8, 4) is 5.75 Å². The zero-order valence-electron chi connectivity index (χ0n) is 25.2. The summed E-state index contributed by atoms with van der Waals surface area (Å²) in [6, 6.07) is 23.9. The monoisotopic (exact) mass is 614 g/mol. The predicted octanol–water partition coefficient (Wildman–Crippen LogP) is 5.82. The minimum atomic E-state index is -0.423. The SMILES string of the molecule is CC[C@H](C)[C@@H](CN(Cc1ccccc1)C(=S)Nc1ccc(OC)cc1)NC(=O)Cc1cncn1Cc1ccc([N+](=O)[O-])cc1. The van der Waals surface area contributed by atoms with E-state index in [1.165, 1.54) is 12.1 Å². The number of thiocarbonyl (C=S) groups is 1. The zero-order valence-corrected chi connectivity index (χ0v) is 26.0. The Hall–Kier alpha value is -4.77. The lowest BCUT2D eigenvalue weighted by Gasteiger charge is -2.33. The van der Waals surface area contributed by atoms with E-state index in [0.717, 1.165) is 34.7 Å². The number of rotatable bonds is 14. The minimum absolute atomic E-state index is 0.0371. The van der Waals surface area contributed by atoms with Gasteiger partial charge in [0.05, 0.1) is 24.8 Å². The number of benzene rings is 3. The molecule has 10 nitrogen and oxygen atoms in total. The standard InChI is InChI=1S/C33H38N6O4S/c1-4-24(2)31(36-32(40)18-29-19-34-23-38(29)21-26-10-14-28(15-11-26)39(41)42)22-37(20-25-8-6-5-7-9-25)33(44)35-27-12-16-30(43-3)17-13-27/h5-17,19,23-24,31H,4,18,20-22H2,1-3H3,(H,35,44)(H,36,40)/t24-,31+/m0/s1. The Labute approximate surface area is 263 Å². The number of anilines is 1. The van der Waals surface area contributed by atoms with Crippen LogP contribution in [0.2, 0.25) is 0 Å². The van der Waals surface area contributed by atoms with Crippen molar-refractivity contribution in [3.05, 3.63) is 118 Å². The highest BCUT2D eigenvalue weighted by molar-refractivity contribution is 7.80. The lowest BCUT2D eigenvalue weighted by atomic mass is 9.98. The van der Waals surface area contributed by atoms with Crippen molar-refractivity contribution in [2.75, 3.05) is 19.0 Å². The molecule has 0 fully saturated rings. The van der Waals surface area contributed by atoms with Crippen LogP contribution < -0.4 is 15.4 Å². The number of non-ortho nitro benzene ring substituents is 1. The number of hydrogen-bond donors (Lipinski definition) is 2. The largest absolute Gasteiger partial charge is 0.497 e. The molecule has 230 valence electrons. The normalized spacial score (nSPS) is 12.2. The summed E-state index contributed by atoms with van der Waals surface area (Å²) in [5.41, 5.74) is 3.62. The van der Waals surface area contributed by atoms with Crippen molar-refractivity contribution in [1.29, 1.82) is 0 Å². The molecule has 0 aliphatic rings. The van der Waals surface area contributed by atoms with Gasteiger partial charge in [0, 0.05) is 55.4 Å². The van der Waals surface area contributed by atoms with Crippen LogP contribution in [0.15, 0.2) is 91.4 Å². The van der Waals surface area contributed by atoms with E-state index < -0.39 is 4.92 Å². The van der Waals surface area contributed by atoms with E-state index in [1.807, 2.05) is 47.0 Å². The van der Waals surface area contributed by atoms with Crippen LogP contribution in [0.3, 0.4) is 0 Å². The molecule has 0 saturated carbocycles. The predicted molar refractivity (Wildman–Crippen MR) is 176 cm³/mol. The Bertz CT molecular complexity index is 1530. The van der Waals surface area contributed by atoms with Crippen LogP contribution in [0.5, 0.6) is 5.75 Å². The third-order valence-corrected chi connectivity index (χ3v) is 7.94. The second kappa shape index (κ2) is 15.6. The van der Waals surface area contributed by atoms with Gasteiger partial charge in [-0.05, 0) is 53.5 Å². The van der Waals surface area contributed by atoms with Gasteiger partial charge in [0.1, 0.15) is 5.75 Å². The van der Waals surface area contributed by atoms with Crippen molar-refractivity contribution >= 4 is 34.6 Å². The van der Waals surface area contributed by atoms with Crippen molar-refractivity contribution in [1.82, 2.24) is 19.8 Å². The van der Waals surface area contributed by atoms with E-state index in [2.05, 4.69) is 46.5 Å². The van der Waals surface area contributed by atoms with Crippen molar-refractivity contribution in [2.45, 2.75) is 45.8 Å². The second-order valence-corrected chi connectivity index (χ2v) is 11.1. The number of aromatic nitrogens is 2. The number of carbonyl (C=O) groups is 1. The Morgan fingerprint density at radius 1 is 1.07 bits per heavy atom. The summed E-state index contributed by atoms with van der Waals surface area (Å²) in [7, 11) is 1.63. The molecule has 1 aromatic heterocycles. The minimum Gasteiger partial charge on any atom is -0.497 e. The average molecular weight is 615 g/mol. The topological polar surface area (TPSA) is 115 Å². The quantitative estimate of drug-likeness (QED) is 0.104. The highest BCUT2D eigenvalue weighted by Crippen LogP contribution is 2.19. The number of amides is 1. The van der Waals surface area contributed by atoms with E-state index in [1.54, 1.807) is 31.8 Å². The van der Waals surface area contributed by atoms with Crippen LogP contribution in [0.25, 0.3) is 0 Å². The Balaban J connectivity index is 1.46. The summed E-state index contributed by atoms with van der Waals surface area (Å²) in [5, 5.41) is 18.2. The lowest BCUT2D eigenvalue weighted by molar-refractivity contribution is -0.384. The molecule has 44 heavy (non-hydrogen) atoms. The van der Waals surface area contributed by atoms with E-state index >= 15 is 0 Å². The number of hydrogen-bond acceptors (Lipinski definition) is 6. The van der Waals surface area contributed by atoms with Crippen LogP contribution in [-0.4, -0.2) is 50.1 Å². The van der Waals surface area contributed by atoms with Gasteiger partial charge in [0.2, 0.25) is 5.91 Å². The van der Waals surface area contributed by atoms with E-state index in [9.17, 15) is 14.9 Å². The van der Waals surface area contributed by atoms with Crippen LogP contribution in [0, 0.1) is 16.0 Å². The Morgan fingerprint density at radius 2 is 1.77 bits per heavy atom. The van der Waals surface area contributed by atoms with Crippen LogP contribution in [0.1, 0.15) is 37.1 Å². The molecule has 2 N–H and O–H groups in total. The van der Waals surface area contributed by atoms with E-state index in [0.29, 0.717) is 24.7 Å². The fraction of sp³-hybridized carbons (Fsp3) is 0.303. The lowest BCUT2D eigenvalue weighted by Crippen LogP contribution is -2.50.